The van der Waals surface area contributed by atoms with Gasteiger partial charge in [0, 0.05) is 23.7 Å². The Labute approximate surface area is 136 Å². The summed E-state index contributed by atoms with van der Waals surface area (Å²) in [5.41, 5.74) is 1.10. The Bertz CT molecular complexity index is 418. The van der Waals surface area contributed by atoms with Crippen molar-refractivity contribution in [1.82, 2.24) is 0 Å². The van der Waals surface area contributed by atoms with Gasteiger partial charge in [-0.3, -0.25) is 0 Å². The minimum atomic E-state index is 0.549. The molecule has 1 saturated carbocycles. The normalized spacial score (nSPS) is 46.7. The van der Waals surface area contributed by atoms with Gasteiger partial charge in [-0.1, -0.05) is 39.8 Å². The van der Waals surface area contributed by atoms with Gasteiger partial charge in [-0.25, -0.2) is 0 Å². The molecule has 0 amide bonds. The molecule has 0 aromatic heterocycles. The number of nitrogens with two attached hydrogens (primary N) is 2. The van der Waals surface area contributed by atoms with Gasteiger partial charge in [-0.15, -0.1) is 0 Å². The molecule has 2 bridgehead atoms. The summed E-state index contributed by atoms with van der Waals surface area (Å²) in [6, 6.07) is 0. The molecule has 6 atom stereocenters. The van der Waals surface area contributed by atoms with E-state index in [1.165, 1.54) is 38.8 Å². The van der Waals surface area contributed by atoms with Crippen LogP contribution in [0.5, 0.6) is 0 Å². The van der Waals surface area contributed by atoms with Crippen LogP contribution < -0.4 is 10.6 Å². The molecule has 5 rings (SSSR count). The zero-order valence-electron chi connectivity index (χ0n) is 15.0. The first-order chi connectivity index (χ1) is 10.7. The lowest BCUT2D eigenvalue weighted by atomic mass is 9.48. The predicted octanol–water partition coefficient (Wildman–Crippen LogP) is 1.54. The summed E-state index contributed by atoms with van der Waals surface area (Å²) in [5.74, 6) is 5.57. The van der Waals surface area contributed by atoms with Gasteiger partial charge in [-0.2, -0.15) is 0 Å². The molecule has 3 aliphatic carbocycles. The molecular weight excluding hydrogens is 268 g/mol. The second-order valence-electron chi connectivity index (χ2n) is 8.68. The van der Waals surface area contributed by atoms with Crippen LogP contribution in [0.25, 0.3) is 0 Å². The maximum atomic E-state index is 2.76. The van der Waals surface area contributed by atoms with E-state index in [9.17, 15) is 0 Å². The lowest BCUT2D eigenvalue weighted by Crippen LogP contribution is -2.95. The molecule has 2 nitrogen and oxygen atoms in total. The van der Waals surface area contributed by atoms with Gasteiger partial charge in [0.2, 0.25) is 0 Å². The number of hydrogen-bond acceptors (Lipinski definition) is 0. The summed E-state index contributed by atoms with van der Waals surface area (Å²) in [5, 5.41) is 5.53. The standard InChI is InChI=1S/C20H34N2/c1-5-19(6-2)17-13-9-10-14(15(17)11-21-19)18-16(13)12-22-20(18,7-3)8-4/h9-10,13-18,21-22H,5-8,11-12H2,1-4H3/p+2/t13?,14?,15-,16-,17+,18+/m1/s1. The number of quaternary nitrogens is 2. The minimum absolute atomic E-state index is 0.549. The van der Waals surface area contributed by atoms with Crippen LogP contribution in [-0.2, 0) is 0 Å². The highest BCUT2D eigenvalue weighted by molar-refractivity contribution is 5.22. The highest BCUT2D eigenvalue weighted by Gasteiger charge is 2.68. The molecule has 2 saturated heterocycles. The van der Waals surface area contributed by atoms with Gasteiger partial charge in [0.15, 0.2) is 0 Å². The zero-order valence-corrected chi connectivity index (χ0v) is 15.0. The SMILES string of the molecule is CCC1(CC)[NH2+]C[C@@H]2C3C=CC([C@H]4C[NH2+]C(CC)(CC)[C@@H]34)[C@@H]21. The molecule has 0 spiro atoms. The van der Waals surface area contributed by atoms with E-state index in [0.29, 0.717) is 11.1 Å². The lowest BCUT2D eigenvalue weighted by Gasteiger charge is -2.52. The second-order valence-corrected chi connectivity index (χ2v) is 8.68. The van der Waals surface area contributed by atoms with Crippen LogP contribution in [0.4, 0.5) is 0 Å². The van der Waals surface area contributed by atoms with Crippen molar-refractivity contribution in [2.45, 2.75) is 64.5 Å². The summed E-state index contributed by atoms with van der Waals surface area (Å²) in [7, 11) is 0. The topological polar surface area (TPSA) is 33.2 Å². The molecule has 0 radical (unpaired) electrons. The van der Waals surface area contributed by atoms with Gasteiger partial charge in [0.05, 0.1) is 24.2 Å². The van der Waals surface area contributed by atoms with E-state index in [4.69, 9.17) is 0 Å². The maximum Gasteiger partial charge on any atom is 0.0995 e. The zero-order chi connectivity index (χ0) is 15.5. The third kappa shape index (κ3) is 1.64. The van der Waals surface area contributed by atoms with E-state index >= 15 is 0 Å². The first-order valence-corrected chi connectivity index (χ1v) is 10.0. The van der Waals surface area contributed by atoms with E-state index in [0.717, 1.165) is 35.5 Å². The maximum absolute atomic E-state index is 2.76. The van der Waals surface area contributed by atoms with Crippen LogP contribution in [0, 0.1) is 35.5 Å². The van der Waals surface area contributed by atoms with Gasteiger partial charge in [0.25, 0.3) is 0 Å². The molecule has 3 fully saturated rings. The second kappa shape index (κ2) is 5.08. The van der Waals surface area contributed by atoms with Crippen molar-refractivity contribution in [3.05, 3.63) is 12.2 Å². The van der Waals surface area contributed by atoms with Crippen LogP contribution in [-0.4, -0.2) is 24.2 Å². The highest BCUT2D eigenvalue weighted by Crippen LogP contribution is 2.59. The quantitative estimate of drug-likeness (QED) is 0.739. The van der Waals surface area contributed by atoms with Crippen LogP contribution in [0.1, 0.15) is 53.4 Å². The van der Waals surface area contributed by atoms with Crippen molar-refractivity contribution in [2.24, 2.45) is 35.5 Å². The molecule has 124 valence electrons. The summed E-state index contributed by atoms with van der Waals surface area (Å²) in [4.78, 5) is 0. The predicted molar refractivity (Wildman–Crippen MR) is 90.3 cm³/mol. The van der Waals surface area contributed by atoms with E-state index in [2.05, 4.69) is 50.5 Å². The third-order valence-corrected chi connectivity index (χ3v) is 8.85. The van der Waals surface area contributed by atoms with Crippen molar-refractivity contribution < 1.29 is 10.6 Å². The van der Waals surface area contributed by atoms with Gasteiger partial charge in [-0.05, 0) is 37.5 Å². The van der Waals surface area contributed by atoms with E-state index in [1.54, 1.807) is 0 Å². The van der Waals surface area contributed by atoms with Crippen molar-refractivity contribution in [3.63, 3.8) is 0 Å². The smallest absolute Gasteiger partial charge is 0.0995 e. The van der Waals surface area contributed by atoms with Crippen molar-refractivity contribution in [1.29, 1.82) is 0 Å². The van der Waals surface area contributed by atoms with Crippen LogP contribution in [0.3, 0.4) is 0 Å². The van der Waals surface area contributed by atoms with Crippen LogP contribution in [0.15, 0.2) is 12.2 Å². The first kappa shape index (κ1) is 15.2. The number of hydrogen-bond donors (Lipinski definition) is 2. The van der Waals surface area contributed by atoms with E-state index in [1.807, 2.05) is 0 Å². The van der Waals surface area contributed by atoms with Gasteiger partial charge < -0.3 is 10.6 Å². The Kier molecular flexibility index (Phi) is 3.51. The molecule has 0 aromatic rings. The summed E-state index contributed by atoms with van der Waals surface area (Å²) in [6.07, 6.45) is 10.8. The molecule has 2 heteroatoms. The Balaban J connectivity index is 1.74. The Morgan fingerprint density at radius 2 is 1.09 bits per heavy atom. The highest BCUT2D eigenvalue weighted by atomic mass is 15.1. The van der Waals surface area contributed by atoms with E-state index in [-0.39, 0.29) is 0 Å². The van der Waals surface area contributed by atoms with E-state index < -0.39 is 0 Å². The van der Waals surface area contributed by atoms with Gasteiger partial charge >= 0.3 is 0 Å². The first-order valence-electron chi connectivity index (χ1n) is 10.0. The summed E-state index contributed by atoms with van der Waals surface area (Å²) >= 11 is 0. The fraction of sp³-hybridized carbons (Fsp3) is 0.900. The Morgan fingerprint density at radius 3 is 1.41 bits per heavy atom. The fourth-order valence-electron chi connectivity index (χ4n) is 7.62. The van der Waals surface area contributed by atoms with Crippen LogP contribution >= 0.6 is 0 Å². The monoisotopic (exact) mass is 304 g/mol. The molecule has 22 heavy (non-hydrogen) atoms. The molecule has 2 aliphatic heterocycles. The van der Waals surface area contributed by atoms with Crippen molar-refractivity contribution >= 4 is 0 Å². The molecular formula is C20H36N2+2. The molecule has 2 heterocycles. The number of allylic oxidation sites excluding steroid dienone is 2. The van der Waals surface area contributed by atoms with Crippen molar-refractivity contribution in [2.75, 3.05) is 13.1 Å². The third-order valence-electron chi connectivity index (χ3n) is 8.85. The Morgan fingerprint density at radius 1 is 0.727 bits per heavy atom. The molecule has 0 aromatic carbocycles. The Hall–Kier alpha value is -0.340. The summed E-state index contributed by atoms with van der Waals surface area (Å²) < 4.78 is 0. The summed E-state index contributed by atoms with van der Waals surface area (Å²) in [6.45, 7) is 12.5. The van der Waals surface area contributed by atoms with Crippen molar-refractivity contribution in [3.8, 4) is 0 Å². The average molecular weight is 305 g/mol. The van der Waals surface area contributed by atoms with Gasteiger partial charge in [0.1, 0.15) is 0 Å². The molecule has 4 N–H and O–H groups in total. The largest absolute Gasteiger partial charge is 0.341 e. The van der Waals surface area contributed by atoms with Crippen LogP contribution in [0.2, 0.25) is 0 Å². The fourth-order valence-corrected chi connectivity index (χ4v) is 7.62. The lowest BCUT2D eigenvalue weighted by molar-refractivity contribution is -0.718. The number of rotatable bonds is 4. The molecule has 5 aliphatic rings. The average Bonchev–Trinajstić information content (AvgIpc) is 3.17. The molecule has 2 unspecified atom stereocenters. The minimum Gasteiger partial charge on any atom is -0.341 e.